The number of nitrogens with zero attached hydrogens (tertiary/aromatic N) is 2. The molecule has 0 aliphatic rings. The molecule has 0 aromatic heterocycles. The van der Waals surface area contributed by atoms with Gasteiger partial charge in [0.15, 0.2) is 0 Å². The zero-order valence-corrected chi connectivity index (χ0v) is 25.7. The molecular weight excluding hydrogens is 562 g/mol. The number of carbonyl (C=O) groups excluding carboxylic acids is 2. The smallest absolute Gasteiger partial charge is 0.264 e. The first-order chi connectivity index (χ1) is 19.5. The average Bonchev–Trinajstić information content (AvgIpc) is 2.95. The molecule has 0 aliphatic heterocycles. The number of anilines is 1. The molecular formula is C31H38ClN3O5S. The third-order valence-electron chi connectivity index (χ3n) is 6.79. The number of aryl methyl sites for hydroxylation is 1. The monoisotopic (exact) mass is 599 g/mol. The molecule has 0 bridgehead atoms. The van der Waals surface area contributed by atoms with Crippen molar-refractivity contribution >= 4 is 39.1 Å². The summed E-state index contributed by atoms with van der Waals surface area (Å²) in [4.78, 5) is 28.6. The van der Waals surface area contributed by atoms with Crippen molar-refractivity contribution in [3.05, 3.63) is 88.9 Å². The Kier molecular flexibility index (Phi) is 11.2. The van der Waals surface area contributed by atoms with Gasteiger partial charge in [0.1, 0.15) is 18.3 Å². The second-order valence-electron chi connectivity index (χ2n) is 9.86. The van der Waals surface area contributed by atoms with Crippen molar-refractivity contribution in [3.63, 3.8) is 0 Å². The fourth-order valence-electron chi connectivity index (χ4n) is 4.10. The lowest BCUT2D eigenvalue weighted by Crippen LogP contribution is -2.52. The number of hydrogen-bond acceptors (Lipinski definition) is 5. The van der Waals surface area contributed by atoms with E-state index in [4.69, 9.17) is 16.3 Å². The van der Waals surface area contributed by atoms with Gasteiger partial charge < -0.3 is 15.0 Å². The van der Waals surface area contributed by atoms with Crippen LogP contribution in [0.25, 0.3) is 0 Å². The van der Waals surface area contributed by atoms with Gasteiger partial charge in [0.25, 0.3) is 10.0 Å². The van der Waals surface area contributed by atoms with Gasteiger partial charge in [0.2, 0.25) is 11.8 Å². The Morgan fingerprint density at radius 3 is 2.17 bits per heavy atom. The van der Waals surface area contributed by atoms with E-state index in [1.54, 1.807) is 67.6 Å². The SMILES string of the molecule is CCOc1ccc(N(CC(=O)N(Cc2ccccc2Cl)[C@H](C)C(=O)N[C@@H](C)CC)S(=O)(=O)c2ccc(C)cc2)cc1. The van der Waals surface area contributed by atoms with E-state index in [-0.39, 0.29) is 29.1 Å². The van der Waals surface area contributed by atoms with Gasteiger partial charge in [-0.05, 0) is 82.1 Å². The van der Waals surface area contributed by atoms with E-state index in [0.29, 0.717) is 22.9 Å². The second kappa shape index (κ2) is 14.4. The molecule has 0 radical (unpaired) electrons. The Hall–Kier alpha value is -3.56. The van der Waals surface area contributed by atoms with Gasteiger partial charge in [-0.25, -0.2) is 8.42 Å². The van der Waals surface area contributed by atoms with Crippen molar-refractivity contribution in [2.75, 3.05) is 17.5 Å². The molecule has 0 unspecified atom stereocenters. The summed E-state index contributed by atoms with van der Waals surface area (Å²) in [6.45, 7) is 9.12. The number of amides is 2. The molecule has 1 N–H and O–H groups in total. The van der Waals surface area contributed by atoms with E-state index in [1.165, 1.54) is 17.0 Å². The molecule has 0 aliphatic carbocycles. The Morgan fingerprint density at radius 2 is 1.59 bits per heavy atom. The summed E-state index contributed by atoms with van der Waals surface area (Å²) in [5, 5.41) is 3.36. The molecule has 0 saturated heterocycles. The number of rotatable bonds is 13. The molecule has 0 fully saturated rings. The lowest BCUT2D eigenvalue weighted by atomic mass is 10.1. The molecule has 2 amide bonds. The summed E-state index contributed by atoms with van der Waals surface area (Å²) in [7, 11) is -4.16. The molecule has 0 spiro atoms. The average molecular weight is 600 g/mol. The van der Waals surface area contributed by atoms with Crippen LogP contribution in [0.2, 0.25) is 5.02 Å². The lowest BCUT2D eigenvalue weighted by Gasteiger charge is -2.32. The highest BCUT2D eigenvalue weighted by atomic mass is 35.5. The number of ether oxygens (including phenoxy) is 1. The summed E-state index contributed by atoms with van der Waals surface area (Å²) in [5.41, 5.74) is 1.83. The highest BCUT2D eigenvalue weighted by Gasteiger charge is 2.33. The van der Waals surface area contributed by atoms with Crippen molar-refractivity contribution in [3.8, 4) is 5.75 Å². The molecule has 8 nitrogen and oxygen atoms in total. The largest absolute Gasteiger partial charge is 0.494 e. The molecule has 2 atom stereocenters. The summed E-state index contributed by atoms with van der Waals surface area (Å²) >= 11 is 6.41. The van der Waals surface area contributed by atoms with Gasteiger partial charge in [-0.15, -0.1) is 0 Å². The van der Waals surface area contributed by atoms with Crippen LogP contribution in [0.4, 0.5) is 5.69 Å². The zero-order chi connectivity index (χ0) is 30.2. The third kappa shape index (κ3) is 8.24. The van der Waals surface area contributed by atoms with Crippen LogP contribution in [-0.2, 0) is 26.2 Å². The fraction of sp³-hybridized carbons (Fsp3) is 0.355. The lowest BCUT2D eigenvalue weighted by molar-refractivity contribution is -0.139. The maximum absolute atomic E-state index is 14.0. The van der Waals surface area contributed by atoms with Crippen LogP contribution in [-0.4, -0.2) is 50.4 Å². The van der Waals surface area contributed by atoms with E-state index >= 15 is 0 Å². The number of nitrogens with one attached hydrogen (secondary N) is 1. The summed E-state index contributed by atoms with van der Waals surface area (Å²) in [6, 6.07) is 19.0. The van der Waals surface area contributed by atoms with Crippen LogP contribution in [0.15, 0.2) is 77.7 Å². The van der Waals surface area contributed by atoms with Gasteiger partial charge >= 0.3 is 0 Å². The van der Waals surface area contributed by atoms with Crippen molar-refractivity contribution < 1.29 is 22.7 Å². The highest BCUT2D eigenvalue weighted by molar-refractivity contribution is 7.92. The summed E-state index contributed by atoms with van der Waals surface area (Å²) in [5.74, 6) is -0.319. The Labute approximate surface area is 248 Å². The van der Waals surface area contributed by atoms with Crippen LogP contribution in [0, 0.1) is 6.92 Å². The van der Waals surface area contributed by atoms with Gasteiger partial charge in [-0.2, -0.15) is 0 Å². The first kappa shape index (κ1) is 32.0. The summed E-state index contributed by atoms with van der Waals surface area (Å²) < 4.78 is 34.5. The van der Waals surface area contributed by atoms with E-state index in [0.717, 1.165) is 16.3 Å². The van der Waals surface area contributed by atoms with Crippen molar-refractivity contribution in [1.29, 1.82) is 0 Å². The predicted octanol–water partition coefficient (Wildman–Crippen LogP) is 5.57. The first-order valence-corrected chi connectivity index (χ1v) is 15.4. The molecule has 3 rings (SSSR count). The predicted molar refractivity (Wildman–Crippen MR) is 163 cm³/mol. The van der Waals surface area contributed by atoms with Crippen LogP contribution < -0.4 is 14.4 Å². The maximum atomic E-state index is 14.0. The van der Waals surface area contributed by atoms with E-state index in [1.807, 2.05) is 27.7 Å². The minimum Gasteiger partial charge on any atom is -0.494 e. The molecule has 10 heteroatoms. The molecule has 3 aromatic rings. The van der Waals surface area contributed by atoms with Crippen molar-refractivity contribution in [2.24, 2.45) is 0 Å². The first-order valence-electron chi connectivity index (χ1n) is 13.6. The van der Waals surface area contributed by atoms with E-state index in [2.05, 4.69) is 5.32 Å². The summed E-state index contributed by atoms with van der Waals surface area (Å²) in [6.07, 6.45) is 0.719. The van der Waals surface area contributed by atoms with Crippen molar-refractivity contribution in [2.45, 2.75) is 64.6 Å². The zero-order valence-electron chi connectivity index (χ0n) is 24.1. The normalized spacial score (nSPS) is 12.7. The topological polar surface area (TPSA) is 96.0 Å². The van der Waals surface area contributed by atoms with Gasteiger partial charge in [0, 0.05) is 17.6 Å². The van der Waals surface area contributed by atoms with Crippen LogP contribution in [0.5, 0.6) is 5.75 Å². The Balaban J connectivity index is 2.04. The highest BCUT2D eigenvalue weighted by Crippen LogP contribution is 2.27. The van der Waals surface area contributed by atoms with Crippen LogP contribution in [0.3, 0.4) is 0 Å². The number of carbonyl (C=O) groups is 2. The van der Waals surface area contributed by atoms with E-state index in [9.17, 15) is 18.0 Å². The van der Waals surface area contributed by atoms with Crippen LogP contribution >= 0.6 is 11.6 Å². The van der Waals surface area contributed by atoms with Crippen molar-refractivity contribution in [1.82, 2.24) is 10.2 Å². The number of hydrogen-bond donors (Lipinski definition) is 1. The number of sulfonamides is 1. The molecule has 0 saturated carbocycles. The fourth-order valence-corrected chi connectivity index (χ4v) is 5.71. The minimum absolute atomic E-state index is 0.0231. The van der Waals surface area contributed by atoms with Gasteiger partial charge in [-0.1, -0.05) is 54.4 Å². The second-order valence-corrected chi connectivity index (χ2v) is 12.1. The van der Waals surface area contributed by atoms with Crippen LogP contribution in [0.1, 0.15) is 45.2 Å². The quantitative estimate of drug-likeness (QED) is 0.277. The Morgan fingerprint density at radius 1 is 0.951 bits per heavy atom. The van der Waals surface area contributed by atoms with E-state index < -0.39 is 28.5 Å². The van der Waals surface area contributed by atoms with Gasteiger partial charge in [-0.3, -0.25) is 13.9 Å². The standard InChI is InChI=1S/C31H38ClN3O5S/c1-6-23(4)33-31(37)24(5)34(20-25-10-8-9-11-29(25)32)30(36)21-35(26-14-16-27(17-15-26)40-7-2)41(38,39)28-18-12-22(3)13-19-28/h8-19,23-24H,6-7,20-21H2,1-5H3,(H,33,37)/t23-,24+/m0/s1. The number of benzene rings is 3. The number of halogens is 1. The molecule has 41 heavy (non-hydrogen) atoms. The molecule has 0 heterocycles. The molecule has 3 aromatic carbocycles. The Bertz CT molecular complexity index is 1430. The molecule has 220 valence electrons. The minimum atomic E-state index is -4.16. The maximum Gasteiger partial charge on any atom is 0.264 e. The third-order valence-corrected chi connectivity index (χ3v) is 8.95. The van der Waals surface area contributed by atoms with Gasteiger partial charge in [0.05, 0.1) is 17.2 Å².